The highest BCUT2D eigenvalue weighted by atomic mass is 127. The topological polar surface area (TPSA) is 76.4 Å². The molecule has 1 aromatic rings. The van der Waals surface area contributed by atoms with E-state index in [2.05, 4.69) is 46.5 Å². The molecule has 24 heavy (non-hydrogen) atoms. The average Bonchev–Trinajstić information content (AvgIpc) is 2.91. The van der Waals surface area contributed by atoms with Gasteiger partial charge in [0.2, 0.25) is 0 Å². The Labute approximate surface area is 161 Å². The van der Waals surface area contributed by atoms with E-state index in [1.54, 1.807) is 7.11 Å². The van der Waals surface area contributed by atoms with Crippen LogP contribution in [0, 0.1) is 5.41 Å². The summed E-state index contributed by atoms with van der Waals surface area (Å²) >= 11 is 0. The van der Waals surface area contributed by atoms with Crippen LogP contribution in [0.5, 0.6) is 0 Å². The molecule has 0 bridgehead atoms. The number of ether oxygens (including phenoxy) is 1. The van der Waals surface area contributed by atoms with Crippen molar-refractivity contribution in [2.75, 3.05) is 13.7 Å². The number of guanidine groups is 1. The monoisotopic (exact) mass is 448 g/mol. The summed E-state index contributed by atoms with van der Waals surface area (Å²) in [6.45, 7) is 8.71. The van der Waals surface area contributed by atoms with E-state index in [4.69, 9.17) is 4.74 Å². The van der Waals surface area contributed by atoms with Gasteiger partial charge < -0.3 is 15.4 Å². The Balaban J connectivity index is 0.00000208. The molecule has 0 spiro atoms. The lowest BCUT2D eigenvalue weighted by Crippen LogP contribution is -2.48. The highest BCUT2D eigenvalue weighted by Crippen LogP contribution is 2.44. The Morgan fingerprint density at radius 2 is 2.17 bits per heavy atom. The molecule has 2 N–H and O–H groups in total. The Morgan fingerprint density at radius 1 is 1.42 bits per heavy atom. The van der Waals surface area contributed by atoms with Gasteiger partial charge in [0.1, 0.15) is 12.4 Å². The van der Waals surface area contributed by atoms with Gasteiger partial charge in [0, 0.05) is 32.2 Å². The number of fused-ring (bicyclic) bond motifs is 1. The first-order valence-corrected chi connectivity index (χ1v) is 8.51. The number of nitrogens with one attached hydrogen (secondary N) is 2. The zero-order valence-electron chi connectivity index (χ0n) is 15.0. The minimum absolute atomic E-state index is 0. The first-order valence-electron chi connectivity index (χ1n) is 8.51. The minimum atomic E-state index is 0. The van der Waals surface area contributed by atoms with Crippen LogP contribution >= 0.6 is 24.0 Å². The molecule has 0 amide bonds. The molecule has 2 atom stereocenters. The highest BCUT2D eigenvalue weighted by Gasteiger charge is 2.46. The van der Waals surface area contributed by atoms with E-state index in [-0.39, 0.29) is 24.0 Å². The molecule has 136 valence electrons. The Kier molecular flexibility index (Phi) is 6.46. The molecular formula is C16H29IN6O. The van der Waals surface area contributed by atoms with E-state index < -0.39 is 0 Å². The van der Waals surface area contributed by atoms with Crippen molar-refractivity contribution in [3.63, 3.8) is 0 Å². The molecule has 8 heteroatoms. The molecule has 7 nitrogen and oxygen atoms in total. The van der Waals surface area contributed by atoms with Gasteiger partial charge in [0.15, 0.2) is 11.8 Å². The predicted octanol–water partition coefficient (Wildman–Crippen LogP) is 1.71. The number of hydrogen-bond acceptors (Lipinski definition) is 4. The first kappa shape index (κ1) is 19.4. The van der Waals surface area contributed by atoms with Gasteiger partial charge in [-0.1, -0.05) is 13.8 Å². The minimum Gasteiger partial charge on any atom is -0.377 e. The molecular weight excluding hydrogens is 419 g/mol. The number of hydrogen-bond donors (Lipinski definition) is 2. The van der Waals surface area contributed by atoms with Gasteiger partial charge in [-0.15, -0.1) is 24.0 Å². The molecule has 0 aromatic carbocycles. The number of methoxy groups -OCH3 is 1. The van der Waals surface area contributed by atoms with Crippen molar-refractivity contribution in [3.8, 4) is 0 Å². The van der Waals surface area contributed by atoms with Crippen LogP contribution in [-0.4, -0.2) is 46.5 Å². The number of aliphatic imine (C=N–C) groups is 1. The summed E-state index contributed by atoms with van der Waals surface area (Å²) in [6, 6.07) is 0.860. The van der Waals surface area contributed by atoms with E-state index in [9.17, 15) is 0 Å². The summed E-state index contributed by atoms with van der Waals surface area (Å²) in [4.78, 5) is 9.10. The number of halogens is 1. The summed E-state index contributed by atoms with van der Waals surface area (Å²) in [7, 11) is 1.67. The maximum Gasteiger partial charge on any atom is 0.191 e. The Hall–Kier alpha value is -0.900. The van der Waals surface area contributed by atoms with Gasteiger partial charge in [-0.2, -0.15) is 5.10 Å². The van der Waals surface area contributed by atoms with Crippen LogP contribution in [-0.2, 0) is 24.3 Å². The van der Waals surface area contributed by atoms with Crippen LogP contribution in [0.3, 0.4) is 0 Å². The van der Waals surface area contributed by atoms with Crippen LogP contribution in [0.15, 0.2) is 4.99 Å². The molecule has 2 heterocycles. The van der Waals surface area contributed by atoms with Crippen molar-refractivity contribution >= 4 is 29.9 Å². The standard InChI is InChI=1S/C16H28N6O.HI/c1-5-17-15(19-12-8-16(12,2)3)18-11-6-7-14-20-13(10-23-4)21-22(14)9-11;/h11-12H,5-10H2,1-4H3,(H2,17,18,19);1H. The van der Waals surface area contributed by atoms with Crippen molar-refractivity contribution in [2.24, 2.45) is 10.4 Å². The van der Waals surface area contributed by atoms with E-state index >= 15 is 0 Å². The lowest BCUT2D eigenvalue weighted by Gasteiger charge is -2.25. The quantitative estimate of drug-likeness (QED) is 0.408. The van der Waals surface area contributed by atoms with Crippen LogP contribution in [0.4, 0.5) is 0 Å². The molecule has 1 aromatic heterocycles. The second-order valence-corrected chi connectivity index (χ2v) is 7.15. The van der Waals surface area contributed by atoms with Crippen LogP contribution in [0.25, 0.3) is 0 Å². The molecule has 0 radical (unpaired) electrons. The number of aryl methyl sites for hydroxylation is 1. The third-order valence-electron chi connectivity index (χ3n) is 4.66. The van der Waals surface area contributed by atoms with E-state index in [0.717, 1.165) is 43.5 Å². The van der Waals surface area contributed by atoms with Gasteiger partial charge >= 0.3 is 0 Å². The smallest absolute Gasteiger partial charge is 0.191 e. The zero-order valence-corrected chi connectivity index (χ0v) is 17.3. The van der Waals surface area contributed by atoms with Crippen molar-refractivity contribution in [1.82, 2.24) is 25.4 Å². The lowest BCUT2D eigenvalue weighted by molar-refractivity contribution is 0.177. The van der Waals surface area contributed by atoms with Crippen molar-refractivity contribution < 1.29 is 4.74 Å². The molecule has 1 saturated carbocycles. The fourth-order valence-electron chi connectivity index (χ4n) is 3.03. The van der Waals surface area contributed by atoms with E-state index in [1.165, 1.54) is 6.42 Å². The zero-order chi connectivity index (χ0) is 16.4. The van der Waals surface area contributed by atoms with Crippen molar-refractivity contribution in [2.45, 2.75) is 65.3 Å². The van der Waals surface area contributed by atoms with E-state index in [1.807, 2.05) is 4.68 Å². The van der Waals surface area contributed by atoms with E-state index in [0.29, 0.717) is 24.1 Å². The maximum absolute atomic E-state index is 5.12. The Morgan fingerprint density at radius 3 is 2.79 bits per heavy atom. The summed E-state index contributed by atoms with van der Waals surface area (Å²) in [5.74, 6) is 2.75. The molecule has 1 aliphatic carbocycles. The lowest BCUT2D eigenvalue weighted by atomic mass is 10.1. The van der Waals surface area contributed by atoms with Gasteiger partial charge in [0.05, 0.1) is 6.54 Å². The van der Waals surface area contributed by atoms with Crippen LogP contribution in [0.2, 0.25) is 0 Å². The predicted molar refractivity (Wildman–Crippen MR) is 105 cm³/mol. The van der Waals surface area contributed by atoms with Crippen LogP contribution < -0.4 is 10.6 Å². The second kappa shape index (κ2) is 7.99. The fourth-order valence-corrected chi connectivity index (χ4v) is 3.03. The molecule has 1 fully saturated rings. The summed E-state index contributed by atoms with van der Waals surface area (Å²) in [6.07, 6.45) is 3.18. The maximum atomic E-state index is 5.12. The summed E-state index contributed by atoms with van der Waals surface area (Å²) in [5, 5.41) is 11.6. The highest BCUT2D eigenvalue weighted by molar-refractivity contribution is 14.0. The van der Waals surface area contributed by atoms with Gasteiger partial charge in [-0.3, -0.25) is 4.99 Å². The second-order valence-electron chi connectivity index (χ2n) is 7.15. The fraction of sp³-hybridized carbons (Fsp3) is 0.812. The molecule has 2 aliphatic rings. The van der Waals surface area contributed by atoms with Gasteiger partial charge in [-0.25, -0.2) is 9.67 Å². The normalized spacial score (nSPS) is 24.8. The Bertz CT molecular complexity index is 585. The van der Waals surface area contributed by atoms with Crippen molar-refractivity contribution in [3.05, 3.63) is 11.6 Å². The van der Waals surface area contributed by atoms with Gasteiger partial charge in [0.25, 0.3) is 0 Å². The molecule has 3 rings (SSSR count). The third-order valence-corrected chi connectivity index (χ3v) is 4.66. The first-order chi connectivity index (χ1) is 11.0. The summed E-state index contributed by atoms with van der Waals surface area (Å²) in [5.41, 5.74) is 0.386. The summed E-state index contributed by atoms with van der Waals surface area (Å²) < 4.78 is 7.12. The SMILES string of the molecule is CCN=C(NC1CCc2nc(COC)nn2C1)NC1CC1(C)C.I. The molecule has 0 saturated heterocycles. The third kappa shape index (κ3) is 4.59. The number of aromatic nitrogens is 3. The average molecular weight is 448 g/mol. The van der Waals surface area contributed by atoms with Gasteiger partial charge in [-0.05, 0) is 25.2 Å². The largest absolute Gasteiger partial charge is 0.377 e. The number of rotatable bonds is 5. The molecule has 1 aliphatic heterocycles. The van der Waals surface area contributed by atoms with Crippen LogP contribution in [0.1, 0.15) is 45.3 Å². The van der Waals surface area contributed by atoms with Crippen molar-refractivity contribution in [1.29, 1.82) is 0 Å². The molecule has 2 unspecified atom stereocenters. The number of nitrogens with zero attached hydrogens (tertiary/aromatic N) is 4.